The average Bonchev–Trinajstić information content (AvgIpc) is 2.85. The average molecular weight is 355 g/mol. The maximum absolute atomic E-state index is 12.4. The molecule has 6 nitrogen and oxygen atoms in total. The normalized spacial score (nSPS) is 12.2. The van der Waals surface area contributed by atoms with E-state index in [2.05, 4.69) is 15.5 Å². The first-order valence-corrected chi connectivity index (χ1v) is 8.57. The topological polar surface area (TPSA) is 79.8 Å². The van der Waals surface area contributed by atoms with Crippen LogP contribution in [0.5, 0.6) is 0 Å². The monoisotopic (exact) mass is 354 g/mol. The van der Waals surface area contributed by atoms with E-state index in [0.717, 1.165) is 12.0 Å². The summed E-state index contributed by atoms with van der Waals surface area (Å²) >= 11 is 7.30. The molecule has 0 saturated carbocycles. The molecule has 0 spiro atoms. The van der Waals surface area contributed by atoms with Crippen molar-refractivity contribution in [3.63, 3.8) is 0 Å². The van der Waals surface area contributed by atoms with Crippen molar-refractivity contribution in [3.05, 3.63) is 39.3 Å². The fourth-order valence-electron chi connectivity index (χ4n) is 2.00. The van der Waals surface area contributed by atoms with Gasteiger partial charge < -0.3 is 5.32 Å². The maximum atomic E-state index is 12.4. The number of thioether (sulfide) groups is 1. The number of nitrogens with zero attached hydrogens (tertiary/aromatic N) is 2. The zero-order valence-corrected chi connectivity index (χ0v) is 14.8. The Morgan fingerprint density at radius 3 is 2.96 bits per heavy atom. The molecule has 0 saturated heterocycles. The van der Waals surface area contributed by atoms with Crippen molar-refractivity contribution in [1.82, 2.24) is 14.8 Å². The van der Waals surface area contributed by atoms with E-state index in [0.29, 0.717) is 22.4 Å². The maximum Gasteiger partial charge on any atom is 0.343 e. The van der Waals surface area contributed by atoms with Crippen molar-refractivity contribution < 1.29 is 4.79 Å². The van der Waals surface area contributed by atoms with Crippen LogP contribution in [0.2, 0.25) is 5.02 Å². The Kier molecular flexibility index (Phi) is 5.90. The number of hydrogen-bond donors (Lipinski definition) is 2. The molecule has 0 aliphatic heterocycles. The molecule has 124 valence electrons. The minimum absolute atomic E-state index is 0.168. The van der Waals surface area contributed by atoms with Gasteiger partial charge in [0.25, 0.3) is 0 Å². The lowest BCUT2D eigenvalue weighted by Crippen LogP contribution is -2.24. The first kappa shape index (κ1) is 17.6. The Morgan fingerprint density at radius 2 is 2.26 bits per heavy atom. The minimum atomic E-state index is -0.404. The summed E-state index contributed by atoms with van der Waals surface area (Å²) in [7, 11) is 0. The molecule has 23 heavy (non-hydrogen) atoms. The second-order valence-corrected chi connectivity index (χ2v) is 6.84. The van der Waals surface area contributed by atoms with Crippen LogP contribution >= 0.6 is 23.4 Å². The van der Waals surface area contributed by atoms with E-state index in [1.54, 1.807) is 29.7 Å². The van der Waals surface area contributed by atoms with Crippen LogP contribution in [0.4, 0.5) is 5.69 Å². The molecule has 1 heterocycles. The largest absolute Gasteiger partial charge is 0.343 e. The van der Waals surface area contributed by atoms with Crippen molar-refractivity contribution in [2.75, 3.05) is 5.32 Å². The van der Waals surface area contributed by atoms with E-state index >= 15 is 0 Å². The molecule has 2 N–H and O–H groups in total. The molecule has 0 bridgehead atoms. The minimum Gasteiger partial charge on any atom is -0.325 e. The Hall–Kier alpha value is -1.73. The highest BCUT2D eigenvalue weighted by atomic mass is 35.5. The van der Waals surface area contributed by atoms with Gasteiger partial charge in [-0.2, -0.15) is 0 Å². The van der Waals surface area contributed by atoms with Gasteiger partial charge in [0.05, 0.1) is 5.25 Å². The molecule has 1 aromatic heterocycles. The third-order valence-electron chi connectivity index (χ3n) is 3.35. The van der Waals surface area contributed by atoms with Gasteiger partial charge in [0.15, 0.2) is 5.16 Å². The number of aromatic nitrogens is 3. The van der Waals surface area contributed by atoms with Crippen LogP contribution in [0.1, 0.15) is 25.8 Å². The summed E-state index contributed by atoms with van der Waals surface area (Å²) in [4.78, 5) is 24.0. The van der Waals surface area contributed by atoms with Gasteiger partial charge in [0, 0.05) is 17.3 Å². The van der Waals surface area contributed by atoms with E-state index in [-0.39, 0.29) is 11.6 Å². The highest BCUT2D eigenvalue weighted by Crippen LogP contribution is 2.25. The first-order chi connectivity index (χ1) is 10.9. The van der Waals surface area contributed by atoms with Crippen LogP contribution < -0.4 is 11.0 Å². The lowest BCUT2D eigenvalue weighted by Gasteiger charge is -2.14. The number of rotatable bonds is 6. The van der Waals surface area contributed by atoms with E-state index in [4.69, 9.17) is 11.6 Å². The van der Waals surface area contributed by atoms with Crippen LogP contribution in [0.15, 0.2) is 28.2 Å². The highest BCUT2D eigenvalue weighted by Gasteiger charge is 2.19. The van der Waals surface area contributed by atoms with Crippen molar-refractivity contribution in [3.8, 4) is 0 Å². The molecule has 2 aromatic rings. The number of halogens is 1. The molecule has 1 unspecified atom stereocenters. The third kappa shape index (κ3) is 4.17. The smallest absolute Gasteiger partial charge is 0.325 e. The van der Waals surface area contributed by atoms with Crippen LogP contribution in [-0.2, 0) is 11.3 Å². The van der Waals surface area contributed by atoms with Gasteiger partial charge in [-0.25, -0.2) is 9.89 Å². The van der Waals surface area contributed by atoms with Crippen molar-refractivity contribution in [2.45, 2.75) is 44.1 Å². The summed E-state index contributed by atoms with van der Waals surface area (Å²) in [5, 5.41) is 9.98. The molecular formula is C15H19ClN4O2S. The first-order valence-electron chi connectivity index (χ1n) is 7.31. The summed E-state index contributed by atoms with van der Waals surface area (Å²) in [6.45, 7) is 6.17. The zero-order valence-electron chi connectivity index (χ0n) is 13.2. The van der Waals surface area contributed by atoms with Gasteiger partial charge in [-0.3, -0.25) is 9.36 Å². The van der Waals surface area contributed by atoms with Gasteiger partial charge in [-0.1, -0.05) is 36.4 Å². The highest BCUT2D eigenvalue weighted by molar-refractivity contribution is 8.00. The molecule has 1 atom stereocenters. The van der Waals surface area contributed by atoms with Crippen molar-refractivity contribution in [1.29, 1.82) is 0 Å². The third-order valence-corrected chi connectivity index (χ3v) is 4.85. The van der Waals surface area contributed by atoms with E-state index in [9.17, 15) is 9.59 Å². The summed E-state index contributed by atoms with van der Waals surface area (Å²) in [6, 6.07) is 5.37. The second kappa shape index (κ2) is 7.70. The van der Waals surface area contributed by atoms with E-state index in [1.165, 1.54) is 11.8 Å². The molecule has 2 rings (SSSR count). The molecular weight excluding hydrogens is 336 g/mol. The zero-order chi connectivity index (χ0) is 17.0. The fraction of sp³-hybridized carbons (Fsp3) is 0.400. The number of anilines is 1. The number of aromatic amines is 1. The number of benzene rings is 1. The summed E-state index contributed by atoms with van der Waals surface area (Å²) in [6.07, 6.45) is 0.815. The lowest BCUT2D eigenvalue weighted by molar-refractivity contribution is -0.115. The molecule has 0 aliphatic carbocycles. The van der Waals surface area contributed by atoms with Gasteiger partial charge in [0.1, 0.15) is 0 Å². The predicted molar refractivity (Wildman–Crippen MR) is 93.3 cm³/mol. The van der Waals surface area contributed by atoms with Gasteiger partial charge in [0.2, 0.25) is 5.91 Å². The SMILES string of the molecule is CCCn1c(SC(C)C(=O)Nc2cccc(Cl)c2C)n[nH]c1=O. The Morgan fingerprint density at radius 1 is 1.52 bits per heavy atom. The Bertz CT molecular complexity index is 756. The lowest BCUT2D eigenvalue weighted by atomic mass is 10.2. The van der Waals surface area contributed by atoms with Gasteiger partial charge in [-0.15, -0.1) is 5.10 Å². The van der Waals surface area contributed by atoms with E-state index < -0.39 is 5.25 Å². The number of carbonyl (C=O) groups is 1. The standard InChI is InChI=1S/C15H19ClN4O2S/c1-4-8-20-14(22)18-19-15(20)23-10(3)13(21)17-12-7-5-6-11(16)9(12)2/h5-7,10H,4,8H2,1-3H3,(H,17,21)(H,18,22). The fourth-order valence-corrected chi connectivity index (χ4v) is 3.06. The molecule has 0 radical (unpaired) electrons. The predicted octanol–water partition coefficient (Wildman–Crippen LogP) is 3.06. The van der Waals surface area contributed by atoms with Crippen LogP contribution in [0.25, 0.3) is 0 Å². The van der Waals surface area contributed by atoms with Gasteiger partial charge >= 0.3 is 5.69 Å². The Labute approximate surface area is 143 Å². The Balaban J connectivity index is 2.09. The summed E-state index contributed by atoms with van der Waals surface area (Å²) in [5.74, 6) is -0.168. The van der Waals surface area contributed by atoms with Crippen LogP contribution in [0, 0.1) is 6.92 Å². The van der Waals surface area contributed by atoms with Crippen molar-refractivity contribution in [2.24, 2.45) is 0 Å². The molecule has 8 heteroatoms. The molecule has 0 aliphatic rings. The number of hydrogen-bond acceptors (Lipinski definition) is 4. The number of nitrogens with one attached hydrogen (secondary N) is 2. The number of H-pyrrole nitrogens is 1. The van der Waals surface area contributed by atoms with E-state index in [1.807, 2.05) is 13.8 Å². The van der Waals surface area contributed by atoms with Gasteiger partial charge in [-0.05, 0) is 38.0 Å². The van der Waals surface area contributed by atoms with Crippen LogP contribution in [-0.4, -0.2) is 25.9 Å². The summed E-state index contributed by atoms with van der Waals surface area (Å²) < 4.78 is 1.54. The van der Waals surface area contributed by atoms with Crippen LogP contribution in [0.3, 0.4) is 0 Å². The number of carbonyl (C=O) groups excluding carboxylic acids is 1. The van der Waals surface area contributed by atoms with Crippen molar-refractivity contribution >= 4 is 35.0 Å². The molecule has 0 fully saturated rings. The molecule has 1 aromatic carbocycles. The quantitative estimate of drug-likeness (QED) is 0.781. The summed E-state index contributed by atoms with van der Waals surface area (Å²) in [5.41, 5.74) is 1.25. The number of amides is 1. The second-order valence-electron chi connectivity index (χ2n) is 5.12. The molecule has 1 amide bonds.